The van der Waals surface area contributed by atoms with Crippen LogP contribution in [0, 0.1) is 0 Å². The zero-order chi connectivity index (χ0) is 16.5. The lowest BCUT2D eigenvalue weighted by atomic mass is 10.2. The highest BCUT2D eigenvalue weighted by atomic mass is 32.2. The van der Waals surface area contributed by atoms with Crippen molar-refractivity contribution >= 4 is 16.2 Å². The highest BCUT2D eigenvalue weighted by Gasteiger charge is 2.42. The molecular formula is C11H19F3N2O4S. The number of hydrogen-bond donors (Lipinski definition) is 1. The Bertz CT molecular complexity index is 485. The van der Waals surface area contributed by atoms with E-state index < -0.39 is 40.5 Å². The second kappa shape index (κ2) is 6.09. The number of halogens is 3. The van der Waals surface area contributed by atoms with Crippen molar-refractivity contribution < 1.29 is 31.1 Å². The molecule has 6 nitrogen and oxygen atoms in total. The van der Waals surface area contributed by atoms with Gasteiger partial charge in [-0.25, -0.2) is 0 Å². The average molecular weight is 332 g/mol. The SMILES string of the molecule is CC(C)(C)OC(=O)[C@@H]1CCCN1S(=O)(=O)NCC(F)(F)F. The number of alkyl halides is 3. The summed E-state index contributed by atoms with van der Waals surface area (Å²) < 4.78 is 67.4. The Morgan fingerprint density at radius 3 is 2.38 bits per heavy atom. The number of esters is 1. The number of hydrogen-bond acceptors (Lipinski definition) is 4. The molecule has 124 valence electrons. The van der Waals surface area contributed by atoms with Gasteiger partial charge in [0, 0.05) is 6.54 Å². The molecule has 0 saturated carbocycles. The summed E-state index contributed by atoms with van der Waals surface area (Å²) in [7, 11) is -4.38. The summed E-state index contributed by atoms with van der Waals surface area (Å²) in [5, 5.41) is 0. The van der Waals surface area contributed by atoms with E-state index in [2.05, 4.69) is 0 Å². The van der Waals surface area contributed by atoms with E-state index in [0.717, 1.165) is 4.31 Å². The maximum absolute atomic E-state index is 12.1. The second-order valence-corrected chi connectivity index (χ2v) is 7.45. The topological polar surface area (TPSA) is 75.7 Å². The molecule has 0 aromatic carbocycles. The lowest BCUT2D eigenvalue weighted by Gasteiger charge is -2.27. The van der Waals surface area contributed by atoms with Crippen molar-refractivity contribution in [2.75, 3.05) is 13.1 Å². The fourth-order valence-electron chi connectivity index (χ4n) is 1.89. The van der Waals surface area contributed by atoms with Gasteiger partial charge in [-0.05, 0) is 33.6 Å². The molecule has 0 aromatic rings. The van der Waals surface area contributed by atoms with Crippen LogP contribution in [0.1, 0.15) is 33.6 Å². The van der Waals surface area contributed by atoms with Crippen LogP contribution < -0.4 is 4.72 Å². The maximum Gasteiger partial charge on any atom is 0.402 e. The molecule has 0 aliphatic carbocycles. The minimum absolute atomic E-state index is 0.0168. The molecule has 0 unspecified atom stereocenters. The number of rotatable bonds is 4. The van der Waals surface area contributed by atoms with Gasteiger partial charge >= 0.3 is 12.1 Å². The Hall–Kier alpha value is -0.870. The van der Waals surface area contributed by atoms with Gasteiger partial charge in [0.2, 0.25) is 0 Å². The largest absolute Gasteiger partial charge is 0.459 e. The first-order valence-electron chi connectivity index (χ1n) is 6.38. The molecule has 10 heteroatoms. The smallest absolute Gasteiger partial charge is 0.402 e. The lowest BCUT2D eigenvalue weighted by molar-refractivity contribution is -0.158. The first-order chi connectivity index (χ1) is 9.32. The molecule has 1 atom stereocenters. The van der Waals surface area contributed by atoms with Crippen LogP contribution in [0.15, 0.2) is 0 Å². The molecule has 1 fully saturated rings. The minimum Gasteiger partial charge on any atom is -0.459 e. The van der Waals surface area contributed by atoms with E-state index >= 15 is 0 Å². The van der Waals surface area contributed by atoms with Crippen molar-refractivity contribution in [2.24, 2.45) is 0 Å². The Balaban J connectivity index is 2.79. The van der Waals surface area contributed by atoms with E-state index in [1.165, 1.54) is 4.72 Å². The lowest BCUT2D eigenvalue weighted by Crippen LogP contribution is -2.49. The van der Waals surface area contributed by atoms with Crippen LogP contribution in [0.3, 0.4) is 0 Å². The molecule has 0 spiro atoms. The first-order valence-corrected chi connectivity index (χ1v) is 7.82. The molecule has 1 aliphatic rings. The summed E-state index contributed by atoms with van der Waals surface area (Å²) in [6.07, 6.45) is -4.05. The van der Waals surface area contributed by atoms with Gasteiger partial charge in [0.1, 0.15) is 18.2 Å². The quantitative estimate of drug-likeness (QED) is 0.785. The Morgan fingerprint density at radius 2 is 1.90 bits per heavy atom. The number of carbonyl (C=O) groups is 1. The van der Waals surface area contributed by atoms with Crippen LogP contribution in [0.2, 0.25) is 0 Å². The molecule has 0 amide bonds. The fourth-order valence-corrected chi connectivity index (χ4v) is 3.30. The molecule has 1 N–H and O–H groups in total. The Morgan fingerprint density at radius 1 is 1.33 bits per heavy atom. The minimum atomic E-state index is -4.66. The molecule has 1 aliphatic heterocycles. The van der Waals surface area contributed by atoms with Crippen LogP contribution in [0.5, 0.6) is 0 Å². The zero-order valence-electron chi connectivity index (χ0n) is 12.0. The van der Waals surface area contributed by atoms with Crippen molar-refractivity contribution in [1.29, 1.82) is 0 Å². The summed E-state index contributed by atoms with van der Waals surface area (Å²) in [5.74, 6) is -0.752. The third-order valence-corrected chi connectivity index (χ3v) is 4.21. The van der Waals surface area contributed by atoms with E-state index in [4.69, 9.17) is 4.74 Å². The molecule has 1 saturated heterocycles. The van der Waals surface area contributed by atoms with E-state index in [9.17, 15) is 26.4 Å². The Labute approximate surface area is 121 Å². The van der Waals surface area contributed by atoms with Crippen molar-refractivity contribution in [3.63, 3.8) is 0 Å². The maximum atomic E-state index is 12.1. The van der Waals surface area contributed by atoms with Gasteiger partial charge in [-0.1, -0.05) is 0 Å². The van der Waals surface area contributed by atoms with Gasteiger partial charge in [0.25, 0.3) is 10.2 Å². The van der Waals surface area contributed by atoms with Gasteiger partial charge in [-0.3, -0.25) is 4.79 Å². The van der Waals surface area contributed by atoms with Gasteiger partial charge in [-0.2, -0.15) is 30.6 Å². The van der Waals surface area contributed by atoms with Gasteiger partial charge < -0.3 is 4.74 Å². The third kappa shape index (κ3) is 5.79. The molecule has 21 heavy (non-hydrogen) atoms. The summed E-state index contributed by atoms with van der Waals surface area (Å²) >= 11 is 0. The molecule has 0 bridgehead atoms. The normalized spacial score (nSPS) is 21.5. The summed E-state index contributed by atoms with van der Waals surface area (Å²) in [6, 6.07) is -1.09. The van der Waals surface area contributed by atoms with Crippen LogP contribution >= 0.6 is 0 Å². The second-order valence-electron chi connectivity index (χ2n) is 5.74. The van der Waals surface area contributed by atoms with Crippen LogP contribution in [-0.4, -0.2) is 49.6 Å². The van der Waals surface area contributed by atoms with E-state index in [1.54, 1.807) is 20.8 Å². The number of ether oxygens (including phenoxy) is 1. The summed E-state index contributed by atoms with van der Waals surface area (Å²) in [4.78, 5) is 11.9. The van der Waals surface area contributed by atoms with Crippen LogP contribution in [0.25, 0.3) is 0 Å². The molecule has 1 heterocycles. The van der Waals surface area contributed by atoms with Crippen LogP contribution in [0.4, 0.5) is 13.2 Å². The van der Waals surface area contributed by atoms with Crippen molar-refractivity contribution in [2.45, 2.75) is 51.4 Å². The summed E-state index contributed by atoms with van der Waals surface area (Å²) in [6.45, 7) is 3.19. The van der Waals surface area contributed by atoms with E-state index in [-0.39, 0.29) is 13.0 Å². The van der Waals surface area contributed by atoms with Crippen molar-refractivity contribution in [1.82, 2.24) is 9.03 Å². The summed E-state index contributed by atoms with van der Waals surface area (Å²) in [5.41, 5.74) is -0.797. The number of nitrogens with zero attached hydrogens (tertiary/aromatic N) is 1. The van der Waals surface area contributed by atoms with Crippen molar-refractivity contribution in [3.8, 4) is 0 Å². The highest BCUT2D eigenvalue weighted by Crippen LogP contribution is 2.24. The van der Waals surface area contributed by atoms with E-state index in [1.807, 2.05) is 0 Å². The fraction of sp³-hybridized carbons (Fsp3) is 0.909. The molecule has 0 aromatic heterocycles. The van der Waals surface area contributed by atoms with Gasteiger partial charge in [0.15, 0.2) is 0 Å². The predicted molar refractivity (Wildman–Crippen MR) is 68.6 cm³/mol. The van der Waals surface area contributed by atoms with E-state index in [0.29, 0.717) is 6.42 Å². The molecule has 0 radical (unpaired) electrons. The van der Waals surface area contributed by atoms with Gasteiger partial charge in [0.05, 0.1) is 0 Å². The monoisotopic (exact) mass is 332 g/mol. The molecule has 1 rings (SSSR count). The molecular weight excluding hydrogens is 313 g/mol. The standard InChI is InChI=1S/C11H19F3N2O4S/c1-10(2,3)20-9(17)8-5-4-6-16(8)21(18,19)15-7-11(12,13)14/h8,15H,4-7H2,1-3H3/t8-/m0/s1. The van der Waals surface area contributed by atoms with Crippen LogP contribution in [-0.2, 0) is 19.7 Å². The van der Waals surface area contributed by atoms with Gasteiger partial charge in [-0.15, -0.1) is 0 Å². The number of nitrogens with one attached hydrogen (secondary N) is 1. The van der Waals surface area contributed by atoms with Crippen molar-refractivity contribution in [3.05, 3.63) is 0 Å². The average Bonchev–Trinajstić information content (AvgIpc) is 2.72. The predicted octanol–water partition coefficient (Wildman–Crippen LogP) is 1.19. The zero-order valence-corrected chi connectivity index (χ0v) is 12.8. The highest BCUT2D eigenvalue weighted by molar-refractivity contribution is 7.87. The Kier molecular flexibility index (Phi) is 5.27. The number of carbonyl (C=O) groups excluding carboxylic acids is 1. The first kappa shape index (κ1) is 18.2. The third-order valence-electron chi connectivity index (χ3n) is 2.65.